The van der Waals surface area contributed by atoms with E-state index in [1.54, 1.807) is 0 Å². The first-order valence-electron chi connectivity index (χ1n) is 5.86. The second kappa shape index (κ2) is 5.88. The van der Waals surface area contributed by atoms with Gasteiger partial charge >= 0.3 is 6.18 Å². The van der Waals surface area contributed by atoms with Crippen molar-refractivity contribution in [2.75, 3.05) is 0 Å². The van der Waals surface area contributed by atoms with E-state index in [1.807, 2.05) is 0 Å². The molecule has 3 nitrogen and oxygen atoms in total. The monoisotopic (exact) mass is 332 g/mol. The van der Waals surface area contributed by atoms with Crippen LogP contribution in [0.3, 0.4) is 0 Å². The predicted molar refractivity (Wildman–Crippen MR) is 64.8 cm³/mol. The molecule has 0 aliphatic rings. The fraction of sp³-hybridized carbons (Fsp3) is 0.500. The van der Waals surface area contributed by atoms with Crippen LogP contribution in [0.5, 0.6) is 0 Å². The van der Waals surface area contributed by atoms with Crippen LogP contribution in [-0.4, -0.2) is 19.1 Å². The summed E-state index contributed by atoms with van der Waals surface area (Å²) >= 11 is 0. The Labute approximate surface area is 118 Å². The normalized spacial score (nSPS) is 13.5. The number of rotatable bonds is 5. The molecule has 0 saturated heterocycles. The molecule has 0 bridgehead atoms. The summed E-state index contributed by atoms with van der Waals surface area (Å²) < 4.78 is 95.0. The van der Waals surface area contributed by atoms with Gasteiger partial charge in [0.2, 0.25) is 0 Å². The Balaban J connectivity index is 3.10. The largest absolute Gasteiger partial charge is 0.389 e. The Morgan fingerprint density at radius 2 is 1.67 bits per heavy atom. The Kier molecular flexibility index (Phi) is 4.99. The molecule has 0 aromatic heterocycles. The van der Waals surface area contributed by atoms with Gasteiger partial charge < -0.3 is 0 Å². The number of benzene rings is 1. The summed E-state index contributed by atoms with van der Waals surface area (Å²) in [5.41, 5.74) is -0.694. The number of aryl methyl sites for hydroxylation is 1. The van der Waals surface area contributed by atoms with Gasteiger partial charge in [-0.05, 0) is 25.5 Å². The van der Waals surface area contributed by atoms with Gasteiger partial charge in [0.25, 0.3) is 16.0 Å². The number of alkyl halides is 5. The van der Waals surface area contributed by atoms with E-state index in [0.717, 1.165) is 12.1 Å². The third-order valence-electron chi connectivity index (χ3n) is 2.76. The van der Waals surface area contributed by atoms with Crippen LogP contribution in [0.2, 0.25) is 0 Å². The van der Waals surface area contributed by atoms with Crippen molar-refractivity contribution >= 4 is 10.1 Å². The molecule has 21 heavy (non-hydrogen) atoms. The van der Waals surface area contributed by atoms with Crippen LogP contribution in [-0.2, 0) is 16.0 Å². The van der Waals surface area contributed by atoms with Crippen LogP contribution in [0.15, 0.2) is 23.1 Å². The zero-order valence-corrected chi connectivity index (χ0v) is 11.7. The number of hydrogen-bond acceptors (Lipinski definition) is 2. The summed E-state index contributed by atoms with van der Waals surface area (Å²) in [4.78, 5) is -0.995. The fourth-order valence-electron chi connectivity index (χ4n) is 1.80. The number of halogens is 5. The Hall–Kier alpha value is -1.22. The lowest BCUT2D eigenvalue weighted by Crippen LogP contribution is -2.19. The molecule has 0 saturated carbocycles. The van der Waals surface area contributed by atoms with Crippen LogP contribution < -0.4 is 0 Å². The van der Waals surface area contributed by atoms with Gasteiger partial charge in [-0.1, -0.05) is 11.6 Å². The molecule has 9 heteroatoms. The van der Waals surface area contributed by atoms with Gasteiger partial charge in [-0.15, -0.1) is 0 Å². The molecule has 0 unspecified atom stereocenters. The maximum Gasteiger partial charge on any atom is 0.389 e. The predicted octanol–water partition coefficient (Wildman–Crippen LogP) is 4.07. The third kappa shape index (κ3) is 5.24. The highest BCUT2D eigenvalue weighted by Crippen LogP contribution is 2.38. The quantitative estimate of drug-likeness (QED) is 0.653. The summed E-state index contributed by atoms with van der Waals surface area (Å²) in [5, 5.41) is 0. The van der Waals surface area contributed by atoms with E-state index in [2.05, 4.69) is 0 Å². The first-order valence-corrected chi connectivity index (χ1v) is 7.30. The molecule has 0 atom stereocenters. The minimum atomic E-state index is -4.89. The highest BCUT2D eigenvalue weighted by molar-refractivity contribution is 7.85. The molecule has 0 radical (unpaired) electrons. The molecule has 0 amide bonds. The molecule has 0 heterocycles. The van der Waals surface area contributed by atoms with Crippen molar-refractivity contribution < 1.29 is 34.9 Å². The van der Waals surface area contributed by atoms with Gasteiger partial charge in [-0.25, -0.2) is 8.78 Å². The van der Waals surface area contributed by atoms with E-state index in [9.17, 15) is 30.4 Å². The molecule has 1 aromatic carbocycles. The lowest BCUT2D eigenvalue weighted by Gasteiger charge is -2.20. The second-order valence-corrected chi connectivity index (χ2v) is 6.04. The second-order valence-electron chi connectivity index (χ2n) is 4.65. The lowest BCUT2D eigenvalue weighted by atomic mass is 10.0. The minimum Gasteiger partial charge on any atom is -0.282 e. The molecule has 1 aromatic rings. The van der Waals surface area contributed by atoms with E-state index >= 15 is 0 Å². The average molecular weight is 332 g/mol. The van der Waals surface area contributed by atoms with Crippen LogP contribution in [0.4, 0.5) is 22.0 Å². The van der Waals surface area contributed by atoms with Gasteiger partial charge in [0.15, 0.2) is 0 Å². The lowest BCUT2D eigenvalue weighted by molar-refractivity contribution is -0.139. The zero-order chi connectivity index (χ0) is 16.5. The van der Waals surface area contributed by atoms with Crippen molar-refractivity contribution in [1.82, 2.24) is 0 Å². The Morgan fingerprint density at radius 1 is 1.10 bits per heavy atom. The van der Waals surface area contributed by atoms with Crippen molar-refractivity contribution in [3.8, 4) is 0 Å². The highest BCUT2D eigenvalue weighted by atomic mass is 32.2. The van der Waals surface area contributed by atoms with Crippen LogP contribution >= 0.6 is 0 Å². The van der Waals surface area contributed by atoms with Crippen molar-refractivity contribution in [2.45, 2.75) is 43.2 Å². The van der Waals surface area contributed by atoms with Crippen LogP contribution in [0, 0.1) is 6.92 Å². The number of hydrogen-bond donors (Lipinski definition) is 1. The molecular formula is C12H13F5O3S. The average Bonchev–Trinajstić information content (AvgIpc) is 2.24. The molecule has 0 aliphatic heterocycles. The highest BCUT2D eigenvalue weighted by Gasteiger charge is 2.38. The molecule has 0 spiro atoms. The topological polar surface area (TPSA) is 54.4 Å². The molecule has 1 N–H and O–H groups in total. The third-order valence-corrected chi connectivity index (χ3v) is 3.67. The molecule has 0 fully saturated rings. The molecular weight excluding hydrogens is 319 g/mol. The molecule has 0 aliphatic carbocycles. The van der Waals surface area contributed by atoms with E-state index in [-0.39, 0.29) is 0 Å². The van der Waals surface area contributed by atoms with Gasteiger partial charge in [-0.3, -0.25) is 4.55 Å². The Morgan fingerprint density at radius 3 is 2.14 bits per heavy atom. The summed E-state index contributed by atoms with van der Waals surface area (Å²) in [6.45, 7) is 1.42. The first kappa shape index (κ1) is 17.8. The van der Waals surface area contributed by atoms with Gasteiger partial charge in [0.05, 0.1) is 0 Å². The van der Waals surface area contributed by atoms with Gasteiger partial charge in [-0.2, -0.15) is 21.6 Å². The SMILES string of the molecule is Cc1ccc(S(=O)(=O)O)c(C(F)(F)CCCC(F)(F)F)c1. The van der Waals surface area contributed by atoms with E-state index in [1.165, 1.54) is 13.0 Å². The fourth-order valence-corrected chi connectivity index (χ4v) is 2.53. The van der Waals surface area contributed by atoms with Gasteiger partial charge in [0, 0.05) is 18.4 Å². The standard InChI is InChI=1S/C12H13F5O3S/c1-8-3-4-10(21(18,19)20)9(7-8)11(13,14)5-2-6-12(15,16)17/h3-4,7H,2,5-6H2,1H3,(H,18,19,20). The van der Waals surface area contributed by atoms with E-state index in [0.29, 0.717) is 5.56 Å². The maximum absolute atomic E-state index is 14.0. The van der Waals surface area contributed by atoms with E-state index in [4.69, 9.17) is 4.55 Å². The molecule has 120 valence electrons. The van der Waals surface area contributed by atoms with E-state index < -0.39 is 51.9 Å². The van der Waals surface area contributed by atoms with Crippen molar-refractivity contribution in [3.63, 3.8) is 0 Å². The van der Waals surface area contributed by atoms with Crippen LogP contribution in [0.1, 0.15) is 30.4 Å². The smallest absolute Gasteiger partial charge is 0.282 e. The summed E-state index contributed by atoms with van der Waals surface area (Å²) in [5.74, 6) is -3.79. The zero-order valence-electron chi connectivity index (χ0n) is 10.9. The summed E-state index contributed by atoms with van der Waals surface area (Å²) in [6, 6.07) is 2.85. The van der Waals surface area contributed by atoms with Crippen molar-refractivity contribution in [1.29, 1.82) is 0 Å². The van der Waals surface area contributed by atoms with Crippen molar-refractivity contribution in [3.05, 3.63) is 29.3 Å². The molecule has 1 rings (SSSR count). The minimum absolute atomic E-state index is 0.299. The summed E-state index contributed by atoms with van der Waals surface area (Å²) in [7, 11) is -4.89. The van der Waals surface area contributed by atoms with Crippen LogP contribution in [0.25, 0.3) is 0 Å². The van der Waals surface area contributed by atoms with Gasteiger partial charge in [0.1, 0.15) is 4.90 Å². The summed E-state index contributed by atoms with van der Waals surface area (Å²) in [6.07, 6.45) is -7.97. The Bertz CT molecular complexity index is 608. The van der Waals surface area contributed by atoms with Crippen molar-refractivity contribution in [2.24, 2.45) is 0 Å². The maximum atomic E-state index is 14.0. The first-order chi connectivity index (χ1) is 9.33.